The lowest BCUT2D eigenvalue weighted by Crippen LogP contribution is -3.14. The average Bonchev–Trinajstić information content (AvgIpc) is 2.68. The van der Waals surface area contributed by atoms with Gasteiger partial charge in [-0.2, -0.15) is 0 Å². The zero-order valence-electron chi connectivity index (χ0n) is 15.5. The van der Waals surface area contributed by atoms with Crippen molar-refractivity contribution in [3.8, 4) is 0 Å². The van der Waals surface area contributed by atoms with E-state index in [-0.39, 0.29) is 4.90 Å². The highest BCUT2D eigenvalue weighted by atomic mass is 32.2. The average molecular weight is 375 g/mol. The number of hydrogen-bond acceptors (Lipinski definition) is 3. The highest BCUT2D eigenvalue weighted by molar-refractivity contribution is 7.92. The van der Waals surface area contributed by atoms with Crippen LogP contribution in [-0.2, 0) is 16.4 Å². The van der Waals surface area contributed by atoms with Gasteiger partial charge in [-0.1, -0.05) is 19.1 Å². The number of rotatable bonds is 6. The van der Waals surface area contributed by atoms with Crippen LogP contribution in [0.2, 0.25) is 0 Å². The molecule has 0 radical (unpaired) electrons. The Labute approximate surface area is 156 Å². The number of likely N-dealkylation sites (N-methyl/N-ethyl adjacent to an activating group) is 1. The Bertz CT molecular complexity index is 809. The van der Waals surface area contributed by atoms with E-state index in [1.54, 1.807) is 17.0 Å². The third kappa shape index (κ3) is 4.37. The van der Waals surface area contributed by atoms with Gasteiger partial charge >= 0.3 is 0 Å². The highest BCUT2D eigenvalue weighted by Crippen LogP contribution is 2.21. The van der Waals surface area contributed by atoms with E-state index in [4.69, 9.17) is 0 Å². The molecule has 0 bridgehead atoms. The van der Waals surface area contributed by atoms with Gasteiger partial charge in [0.25, 0.3) is 10.0 Å². The maximum Gasteiger partial charge on any atom is 0.261 e. The molecule has 0 aromatic heterocycles. The van der Waals surface area contributed by atoms with E-state index < -0.39 is 10.0 Å². The molecule has 2 N–H and O–H groups in total. The van der Waals surface area contributed by atoms with Gasteiger partial charge in [0.2, 0.25) is 0 Å². The van der Waals surface area contributed by atoms with Gasteiger partial charge in [0.1, 0.15) is 0 Å². The Kier molecular flexibility index (Phi) is 5.84. The molecule has 1 fully saturated rings. The van der Waals surface area contributed by atoms with Gasteiger partial charge in [-0.05, 0) is 55.3 Å². The zero-order chi connectivity index (χ0) is 18.6. The van der Waals surface area contributed by atoms with Crippen molar-refractivity contribution < 1.29 is 13.3 Å². The molecule has 0 spiro atoms. The lowest BCUT2D eigenvalue weighted by molar-refractivity contribution is -0.898. The molecule has 0 atom stereocenters. The number of nitrogens with one attached hydrogen (secondary N) is 2. The molecule has 0 amide bonds. The van der Waals surface area contributed by atoms with E-state index in [1.165, 1.54) is 6.54 Å². The van der Waals surface area contributed by atoms with Crippen LogP contribution in [0.25, 0.3) is 0 Å². The largest absolute Gasteiger partial charge is 0.360 e. The van der Waals surface area contributed by atoms with Gasteiger partial charge in [-0.3, -0.25) is 4.72 Å². The Morgan fingerprint density at radius 3 is 2.12 bits per heavy atom. The molecule has 5 nitrogen and oxygen atoms in total. The van der Waals surface area contributed by atoms with Crippen molar-refractivity contribution in [2.24, 2.45) is 0 Å². The number of quaternary nitrogens is 1. The summed E-state index contributed by atoms with van der Waals surface area (Å²) in [7, 11) is -3.55. The molecular weight excluding hydrogens is 346 g/mol. The molecule has 140 valence electrons. The smallest absolute Gasteiger partial charge is 0.261 e. The number of hydrogen-bond donors (Lipinski definition) is 2. The summed E-state index contributed by atoms with van der Waals surface area (Å²) in [5.74, 6) is 0. The lowest BCUT2D eigenvalue weighted by atomic mass is 10.2. The minimum atomic E-state index is -3.55. The summed E-state index contributed by atoms with van der Waals surface area (Å²) < 4.78 is 27.7. The lowest BCUT2D eigenvalue weighted by Gasteiger charge is -2.33. The fourth-order valence-electron chi connectivity index (χ4n) is 3.29. The number of sulfonamides is 1. The summed E-state index contributed by atoms with van der Waals surface area (Å²) in [6.45, 7) is 9.83. The van der Waals surface area contributed by atoms with E-state index in [9.17, 15) is 8.42 Å². The fourth-order valence-corrected chi connectivity index (χ4v) is 4.35. The summed E-state index contributed by atoms with van der Waals surface area (Å²) >= 11 is 0. The molecule has 2 aromatic carbocycles. The summed E-state index contributed by atoms with van der Waals surface area (Å²) in [5.41, 5.74) is 2.86. The first-order valence-corrected chi connectivity index (χ1v) is 10.8. The van der Waals surface area contributed by atoms with Crippen LogP contribution in [0.4, 0.5) is 11.4 Å². The monoisotopic (exact) mass is 374 g/mol. The summed E-state index contributed by atoms with van der Waals surface area (Å²) in [5, 5.41) is 0. The maximum atomic E-state index is 12.5. The van der Waals surface area contributed by atoms with Crippen LogP contribution in [0.1, 0.15) is 19.4 Å². The van der Waals surface area contributed by atoms with Crippen LogP contribution in [0, 0.1) is 0 Å². The van der Waals surface area contributed by atoms with Gasteiger partial charge in [0.15, 0.2) is 0 Å². The van der Waals surface area contributed by atoms with Gasteiger partial charge < -0.3 is 9.80 Å². The second-order valence-electron chi connectivity index (χ2n) is 6.74. The van der Waals surface area contributed by atoms with Crippen molar-refractivity contribution in [2.45, 2.75) is 25.2 Å². The van der Waals surface area contributed by atoms with Crippen molar-refractivity contribution >= 4 is 21.4 Å². The maximum absolute atomic E-state index is 12.5. The Hall–Kier alpha value is -2.05. The standard InChI is InChI=1S/C20H27N3O2S/c1-3-17-5-11-20(12-6-17)26(24,25)21-18-7-9-19(10-8-18)23-15-13-22(4-2)14-16-23/h5-12,21H,3-4,13-16H2,1-2H3/p+1. The van der Waals surface area contributed by atoms with E-state index >= 15 is 0 Å². The van der Waals surface area contributed by atoms with Crippen molar-refractivity contribution in [1.82, 2.24) is 0 Å². The predicted molar refractivity (Wildman–Crippen MR) is 107 cm³/mol. The third-order valence-corrected chi connectivity index (χ3v) is 6.49. The summed E-state index contributed by atoms with van der Waals surface area (Å²) in [6.07, 6.45) is 0.892. The van der Waals surface area contributed by atoms with Crippen LogP contribution >= 0.6 is 0 Å². The molecule has 6 heteroatoms. The van der Waals surface area contributed by atoms with E-state index in [1.807, 2.05) is 43.3 Å². The normalized spacial score (nSPS) is 15.8. The Morgan fingerprint density at radius 2 is 1.58 bits per heavy atom. The quantitative estimate of drug-likeness (QED) is 0.810. The first-order chi connectivity index (χ1) is 12.5. The topological polar surface area (TPSA) is 53.9 Å². The van der Waals surface area contributed by atoms with E-state index in [0.29, 0.717) is 5.69 Å². The fraction of sp³-hybridized carbons (Fsp3) is 0.400. The Balaban J connectivity index is 1.66. The molecule has 3 rings (SSSR count). The van der Waals surface area contributed by atoms with Gasteiger partial charge in [0, 0.05) is 11.4 Å². The number of anilines is 2. The zero-order valence-corrected chi connectivity index (χ0v) is 16.3. The molecule has 1 aliphatic heterocycles. The molecule has 1 heterocycles. The molecule has 1 saturated heterocycles. The van der Waals surface area contributed by atoms with E-state index in [2.05, 4.69) is 16.5 Å². The number of benzene rings is 2. The molecule has 0 unspecified atom stereocenters. The molecule has 1 aliphatic rings. The SMILES string of the molecule is CCc1ccc(S(=O)(=O)Nc2ccc(N3CC[NH+](CC)CC3)cc2)cc1. The number of nitrogens with zero attached hydrogens (tertiary/aromatic N) is 1. The van der Waals surface area contributed by atoms with Crippen LogP contribution in [0.3, 0.4) is 0 Å². The van der Waals surface area contributed by atoms with Gasteiger partial charge in [-0.15, -0.1) is 0 Å². The van der Waals surface area contributed by atoms with E-state index in [0.717, 1.165) is 43.9 Å². The number of aryl methyl sites for hydroxylation is 1. The number of piperazine rings is 1. The predicted octanol–water partition coefficient (Wildman–Crippen LogP) is 1.77. The van der Waals surface area contributed by atoms with Crippen LogP contribution in [0.15, 0.2) is 53.4 Å². The summed E-state index contributed by atoms with van der Waals surface area (Å²) in [6, 6.07) is 14.7. The van der Waals surface area contributed by atoms with Crippen LogP contribution in [-0.4, -0.2) is 41.1 Å². The molecule has 2 aromatic rings. The van der Waals surface area contributed by atoms with Crippen molar-refractivity contribution in [2.75, 3.05) is 42.3 Å². The minimum absolute atomic E-state index is 0.289. The van der Waals surface area contributed by atoms with Gasteiger partial charge in [0.05, 0.1) is 37.6 Å². The van der Waals surface area contributed by atoms with Crippen molar-refractivity contribution in [3.63, 3.8) is 0 Å². The van der Waals surface area contributed by atoms with Crippen molar-refractivity contribution in [3.05, 3.63) is 54.1 Å². The van der Waals surface area contributed by atoms with Crippen LogP contribution in [0.5, 0.6) is 0 Å². The summed E-state index contributed by atoms with van der Waals surface area (Å²) in [4.78, 5) is 4.29. The second-order valence-corrected chi connectivity index (χ2v) is 8.42. The third-order valence-electron chi connectivity index (χ3n) is 5.10. The minimum Gasteiger partial charge on any atom is -0.360 e. The van der Waals surface area contributed by atoms with Crippen LogP contribution < -0.4 is 14.5 Å². The molecular formula is C20H28N3O2S+. The van der Waals surface area contributed by atoms with Crippen molar-refractivity contribution in [1.29, 1.82) is 0 Å². The molecule has 26 heavy (non-hydrogen) atoms. The first kappa shape index (κ1) is 18.7. The highest BCUT2D eigenvalue weighted by Gasteiger charge is 2.19. The molecule has 0 aliphatic carbocycles. The Morgan fingerprint density at radius 1 is 0.962 bits per heavy atom. The van der Waals surface area contributed by atoms with Gasteiger partial charge in [-0.25, -0.2) is 8.42 Å². The molecule has 0 saturated carbocycles. The second kappa shape index (κ2) is 8.10. The first-order valence-electron chi connectivity index (χ1n) is 9.32.